The minimum Gasteiger partial charge on any atom is -0.497 e. The van der Waals surface area contributed by atoms with E-state index in [1.54, 1.807) is 7.11 Å². The molecule has 5 nitrogen and oxygen atoms in total. The lowest BCUT2D eigenvalue weighted by Gasteiger charge is -2.29. The second kappa shape index (κ2) is 7.22. The number of aromatic nitrogens is 1. The lowest BCUT2D eigenvalue weighted by atomic mass is 10.1. The zero-order valence-electron chi connectivity index (χ0n) is 15.2. The van der Waals surface area contributed by atoms with Crippen LogP contribution in [0.3, 0.4) is 0 Å². The summed E-state index contributed by atoms with van der Waals surface area (Å²) in [6, 6.07) is 14.1. The lowest BCUT2D eigenvalue weighted by molar-refractivity contribution is 0.409. The second-order valence-electron chi connectivity index (χ2n) is 6.49. The molecule has 0 saturated carbocycles. The molecule has 2 aromatic carbocycles. The maximum atomic E-state index is 6.26. The molecule has 1 N–H and O–H groups in total. The molecule has 1 saturated heterocycles. The van der Waals surface area contributed by atoms with Crippen LogP contribution in [0.5, 0.6) is 17.2 Å². The van der Waals surface area contributed by atoms with Gasteiger partial charge >= 0.3 is 0 Å². The molecule has 26 heavy (non-hydrogen) atoms. The van der Waals surface area contributed by atoms with Crippen LogP contribution >= 0.6 is 0 Å². The van der Waals surface area contributed by atoms with E-state index in [1.165, 1.54) is 5.69 Å². The summed E-state index contributed by atoms with van der Waals surface area (Å²) in [5.41, 5.74) is 3.16. The van der Waals surface area contributed by atoms with Crippen molar-refractivity contribution in [3.8, 4) is 17.2 Å². The number of nitrogens with one attached hydrogen (secondary N) is 1. The van der Waals surface area contributed by atoms with E-state index in [0.29, 0.717) is 0 Å². The van der Waals surface area contributed by atoms with Crippen molar-refractivity contribution in [3.05, 3.63) is 54.2 Å². The standard InChI is InChI=1S/C21H23N3O2/c1-15-14-23-20-7-6-16(24-10-8-22-9-11-24)12-19(20)21(15)26-18-5-3-4-17(13-18)25-2/h3-7,12-14,22H,8-11H2,1-2H3. The van der Waals surface area contributed by atoms with Gasteiger partial charge in [-0.15, -0.1) is 0 Å². The molecule has 0 spiro atoms. The third-order valence-electron chi connectivity index (χ3n) is 4.72. The number of pyridine rings is 1. The third kappa shape index (κ3) is 3.30. The molecular formula is C21H23N3O2. The molecular weight excluding hydrogens is 326 g/mol. The molecule has 1 aliphatic heterocycles. The first kappa shape index (κ1) is 16.7. The Kier molecular flexibility index (Phi) is 4.63. The van der Waals surface area contributed by atoms with Crippen LogP contribution in [0.2, 0.25) is 0 Å². The number of benzene rings is 2. The molecule has 5 heteroatoms. The largest absolute Gasteiger partial charge is 0.497 e. The van der Waals surface area contributed by atoms with Crippen LogP contribution in [0.1, 0.15) is 5.56 Å². The monoisotopic (exact) mass is 349 g/mol. The van der Waals surface area contributed by atoms with Gasteiger partial charge in [0.15, 0.2) is 0 Å². The molecule has 0 atom stereocenters. The van der Waals surface area contributed by atoms with Gasteiger partial charge in [-0.3, -0.25) is 4.98 Å². The van der Waals surface area contributed by atoms with Gasteiger partial charge in [0.05, 0.1) is 12.6 Å². The van der Waals surface area contributed by atoms with Crippen LogP contribution in [-0.2, 0) is 0 Å². The van der Waals surface area contributed by atoms with E-state index in [1.807, 2.05) is 37.4 Å². The summed E-state index contributed by atoms with van der Waals surface area (Å²) < 4.78 is 11.6. The molecule has 134 valence electrons. The van der Waals surface area contributed by atoms with Gasteiger partial charge in [-0.25, -0.2) is 0 Å². The molecule has 1 aliphatic rings. The van der Waals surface area contributed by atoms with Crippen molar-refractivity contribution in [3.63, 3.8) is 0 Å². The van der Waals surface area contributed by atoms with Crippen LogP contribution in [-0.4, -0.2) is 38.3 Å². The Hall–Kier alpha value is -2.79. The topological polar surface area (TPSA) is 46.6 Å². The fourth-order valence-electron chi connectivity index (χ4n) is 3.29. The van der Waals surface area contributed by atoms with Crippen LogP contribution in [0.25, 0.3) is 10.9 Å². The van der Waals surface area contributed by atoms with Gasteiger partial charge in [-0.05, 0) is 37.3 Å². The summed E-state index contributed by atoms with van der Waals surface area (Å²) in [5, 5.41) is 4.43. The number of methoxy groups -OCH3 is 1. The lowest BCUT2D eigenvalue weighted by Crippen LogP contribution is -2.43. The number of ether oxygens (including phenoxy) is 2. The Morgan fingerprint density at radius 1 is 1.04 bits per heavy atom. The van der Waals surface area contributed by atoms with Crippen molar-refractivity contribution in [1.29, 1.82) is 0 Å². The summed E-state index contributed by atoms with van der Waals surface area (Å²) in [6.45, 7) is 6.07. The molecule has 0 bridgehead atoms. The smallest absolute Gasteiger partial charge is 0.141 e. The zero-order chi connectivity index (χ0) is 17.9. The van der Waals surface area contributed by atoms with Gasteiger partial charge in [-0.2, -0.15) is 0 Å². The summed E-state index contributed by atoms with van der Waals surface area (Å²) in [7, 11) is 1.66. The maximum absolute atomic E-state index is 6.26. The number of hydrogen-bond acceptors (Lipinski definition) is 5. The van der Waals surface area contributed by atoms with Crippen molar-refractivity contribution in [2.45, 2.75) is 6.92 Å². The van der Waals surface area contributed by atoms with Crippen molar-refractivity contribution >= 4 is 16.6 Å². The van der Waals surface area contributed by atoms with Crippen LogP contribution < -0.4 is 19.7 Å². The quantitative estimate of drug-likeness (QED) is 0.777. The first-order chi connectivity index (χ1) is 12.7. The summed E-state index contributed by atoms with van der Waals surface area (Å²) >= 11 is 0. The fourth-order valence-corrected chi connectivity index (χ4v) is 3.29. The number of hydrogen-bond donors (Lipinski definition) is 1. The Balaban J connectivity index is 1.75. The molecule has 0 aliphatic carbocycles. The highest BCUT2D eigenvalue weighted by Crippen LogP contribution is 2.35. The van der Waals surface area contributed by atoms with Gasteiger partial charge in [0.25, 0.3) is 0 Å². The van der Waals surface area contributed by atoms with Crippen LogP contribution in [0.4, 0.5) is 5.69 Å². The van der Waals surface area contributed by atoms with Gasteiger partial charge in [-0.1, -0.05) is 6.07 Å². The molecule has 2 heterocycles. The van der Waals surface area contributed by atoms with Crippen molar-refractivity contribution in [2.75, 3.05) is 38.2 Å². The van der Waals surface area contributed by atoms with E-state index in [9.17, 15) is 0 Å². The zero-order valence-corrected chi connectivity index (χ0v) is 15.2. The Morgan fingerprint density at radius 3 is 2.65 bits per heavy atom. The Morgan fingerprint density at radius 2 is 1.85 bits per heavy atom. The summed E-state index contributed by atoms with van der Waals surface area (Å²) in [5.74, 6) is 2.38. The number of aryl methyl sites for hydroxylation is 1. The van der Waals surface area contributed by atoms with E-state index >= 15 is 0 Å². The molecule has 4 rings (SSSR count). The molecule has 0 unspecified atom stereocenters. The third-order valence-corrected chi connectivity index (χ3v) is 4.72. The SMILES string of the molecule is COc1cccc(Oc2c(C)cnc3ccc(N4CCNCC4)cc23)c1. The summed E-state index contributed by atoms with van der Waals surface area (Å²) in [4.78, 5) is 6.96. The minimum atomic E-state index is 0.757. The summed E-state index contributed by atoms with van der Waals surface area (Å²) in [6.07, 6.45) is 1.86. The fraction of sp³-hybridized carbons (Fsp3) is 0.286. The molecule has 1 aromatic heterocycles. The van der Waals surface area contributed by atoms with Gasteiger partial charge in [0.2, 0.25) is 0 Å². The highest BCUT2D eigenvalue weighted by atomic mass is 16.5. The van der Waals surface area contributed by atoms with Gasteiger partial charge < -0.3 is 19.7 Å². The molecule has 0 amide bonds. The first-order valence-electron chi connectivity index (χ1n) is 8.91. The van der Waals surface area contributed by atoms with Crippen LogP contribution in [0.15, 0.2) is 48.7 Å². The number of rotatable bonds is 4. The highest BCUT2D eigenvalue weighted by molar-refractivity contribution is 5.89. The normalized spacial score (nSPS) is 14.5. The first-order valence-corrected chi connectivity index (χ1v) is 8.91. The average molecular weight is 349 g/mol. The predicted molar refractivity (Wildman–Crippen MR) is 105 cm³/mol. The minimum absolute atomic E-state index is 0.757. The van der Waals surface area contributed by atoms with Crippen LogP contribution in [0, 0.1) is 6.92 Å². The number of nitrogens with zero attached hydrogens (tertiary/aromatic N) is 2. The maximum Gasteiger partial charge on any atom is 0.141 e. The van der Waals surface area contributed by atoms with Crippen molar-refractivity contribution < 1.29 is 9.47 Å². The van der Waals surface area contributed by atoms with E-state index in [-0.39, 0.29) is 0 Å². The van der Waals surface area contributed by atoms with E-state index in [0.717, 1.165) is 59.9 Å². The Labute approximate surface area is 153 Å². The average Bonchev–Trinajstić information content (AvgIpc) is 2.70. The van der Waals surface area contributed by atoms with Gasteiger partial charge in [0.1, 0.15) is 17.2 Å². The van der Waals surface area contributed by atoms with Crippen molar-refractivity contribution in [1.82, 2.24) is 10.3 Å². The number of anilines is 1. The van der Waals surface area contributed by atoms with Gasteiger partial charge in [0, 0.05) is 55.1 Å². The Bertz CT molecular complexity index is 920. The molecule has 3 aromatic rings. The second-order valence-corrected chi connectivity index (χ2v) is 6.49. The number of piperazine rings is 1. The van der Waals surface area contributed by atoms with Crippen molar-refractivity contribution in [2.24, 2.45) is 0 Å². The molecule has 1 fully saturated rings. The van der Waals surface area contributed by atoms with E-state index < -0.39 is 0 Å². The van der Waals surface area contributed by atoms with E-state index in [2.05, 4.69) is 33.4 Å². The highest BCUT2D eigenvalue weighted by Gasteiger charge is 2.14. The number of fused-ring (bicyclic) bond motifs is 1. The van der Waals surface area contributed by atoms with E-state index in [4.69, 9.17) is 9.47 Å². The molecule has 0 radical (unpaired) electrons. The predicted octanol–water partition coefficient (Wildman–Crippen LogP) is 3.75.